The van der Waals surface area contributed by atoms with Crippen LogP contribution in [0.4, 0.5) is 0 Å². The predicted octanol–water partition coefficient (Wildman–Crippen LogP) is 5.95. The zero-order valence-electron chi connectivity index (χ0n) is 15.0. The highest BCUT2D eigenvalue weighted by Crippen LogP contribution is 2.29. The summed E-state index contributed by atoms with van der Waals surface area (Å²) in [5, 5.41) is 0.282. The number of aromatic nitrogens is 1. The first kappa shape index (κ1) is 18.6. The Balaban J connectivity index is 1.76. The molecule has 0 aliphatic heterocycles. The maximum Gasteiger partial charge on any atom is 0.271 e. The normalized spacial score (nSPS) is 16.3. The molecule has 0 bridgehead atoms. The molecule has 28 heavy (non-hydrogen) atoms. The van der Waals surface area contributed by atoms with E-state index < -0.39 is 0 Å². The largest absolute Gasteiger partial charge is 0.271 e. The van der Waals surface area contributed by atoms with Crippen LogP contribution in [0.1, 0.15) is 6.42 Å². The average Bonchev–Trinajstić information content (AvgIpc) is 3.12. The summed E-state index contributed by atoms with van der Waals surface area (Å²) in [5.74, 6) is -0.268. The Bertz CT molecular complexity index is 996. The van der Waals surface area contributed by atoms with E-state index in [2.05, 4.69) is 5.43 Å². The number of halogens is 2. The van der Waals surface area contributed by atoms with Crippen molar-refractivity contribution in [1.29, 1.82) is 0 Å². The third kappa shape index (κ3) is 3.77. The predicted molar refractivity (Wildman–Crippen MR) is 116 cm³/mol. The molecular formula is C23H18Cl2N2O. The van der Waals surface area contributed by atoms with E-state index in [1.807, 2.05) is 77.5 Å². The zero-order valence-corrected chi connectivity index (χ0v) is 16.5. The van der Waals surface area contributed by atoms with Crippen LogP contribution in [0.5, 0.6) is 0 Å². The highest BCUT2D eigenvalue weighted by Gasteiger charge is 2.21. The van der Waals surface area contributed by atoms with Crippen molar-refractivity contribution in [3.8, 4) is 22.5 Å². The second-order valence-corrected chi connectivity index (χ2v) is 7.53. The van der Waals surface area contributed by atoms with Crippen LogP contribution in [-0.4, -0.2) is 16.0 Å². The minimum Gasteiger partial charge on any atom is -0.267 e. The summed E-state index contributed by atoms with van der Waals surface area (Å²) in [6.45, 7) is 0. The van der Waals surface area contributed by atoms with Crippen molar-refractivity contribution >= 4 is 29.1 Å². The molecule has 1 N–H and O–H groups in total. The molecule has 2 aromatic carbocycles. The number of allylic oxidation sites excluding steroid dienone is 2. The molecule has 140 valence electrons. The van der Waals surface area contributed by atoms with Crippen LogP contribution in [0.2, 0.25) is 0 Å². The van der Waals surface area contributed by atoms with Gasteiger partial charge in [0.25, 0.3) is 5.91 Å². The van der Waals surface area contributed by atoms with Crippen molar-refractivity contribution in [2.45, 2.75) is 11.8 Å². The number of hydrogen-bond acceptors (Lipinski definition) is 1. The standard InChI is InChI=1S/C23H18Cl2N2O/c24-18-11-12-19(20(25)15-18)23(28)26-27-21(16-7-3-1-4-8-16)13-14-22(27)17-9-5-2-6-10-17/h1-14,18H,15H2,(H,26,28). The van der Waals surface area contributed by atoms with Gasteiger partial charge in [0.05, 0.1) is 22.3 Å². The van der Waals surface area contributed by atoms with E-state index in [0.29, 0.717) is 17.0 Å². The van der Waals surface area contributed by atoms with Gasteiger partial charge in [0, 0.05) is 22.6 Å². The van der Waals surface area contributed by atoms with Crippen LogP contribution >= 0.6 is 23.2 Å². The van der Waals surface area contributed by atoms with Gasteiger partial charge in [-0.1, -0.05) is 84.4 Å². The molecule has 0 radical (unpaired) electrons. The molecular weight excluding hydrogens is 391 g/mol. The molecule has 4 rings (SSSR count). The van der Waals surface area contributed by atoms with Crippen LogP contribution in [0, 0.1) is 0 Å². The van der Waals surface area contributed by atoms with Gasteiger partial charge in [-0.05, 0) is 12.1 Å². The number of rotatable bonds is 4. The van der Waals surface area contributed by atoms with Crippen LogP contribution in [0.25, 0.3) is 22.5 Å². The summed E-state index contributed by atoms with van der Waals surface area (Å²) in [6.07, 6.45) is 3.92. The van der Waals surface area contributed by atoms with Crippen LogP contribution in [-0.2, 0) is 4.79 Å². The van der Waals surface area contributed by atoms with E-state index in [-0.39, 0.29) is 11.3 Å². The molecule has 1 aromatic heterocycles. The first-order valence-electron chi connectivity index (χ1n) is 8.98. The lowest BCUT2D eigenvalue weighted by Crippen LogP contribution is -2.26. The Morgan fingerprint density at radius 3 is 1.93 bits per heavy atom. The Morgan fingerprint density at radius 2 is 1.43 bits per heavy atom. The minimum absolute atomic E-state index is 0.185. The number of hydrogen-bond donors (Lipinski definition) is 1. The summed E-state index contributed by atoms with van der Waals surface area (Å²) in [7, 11) is 0. The van der Waals surface area contributed by atoms with Gasteiger partial charge < -0.3 is 0 Å². The average molecular weight is 409 g/mol. The molecule has 0 fully saturated rings. The summed E-state index contributed by atoms with van der Waals surface area (Å²) in [5.41, 5.74) is 7.23. The third-order valence-electron chi connectivity index (χ3n) is 4.62. The fraction of sp³-hybridized carbons (Fsp3) is 0.0870. The van der Waals surface area contributed by atoms with Gasteiger partial charge in [-0.3, -0.25) is 14.9 Å². The molecule has 1 atom stereocenters. The van der Waals surface area contributed by atoms with Crippen molar-refractivity contribution in [1.82, 2.24) is 4.68 Å². The fourth-order valence-electron chi connectivity index (χ4n) is 3.23. The second kappa shape index (κ2) is 8.09. The van der Waals surface area contributed by atoms with Crippen molar-refractivity contribution in [2.24, 2.45) is 0 Å². The molecule has 0 saturated carbocycles. The van der Waals surface area contributed by atoms with E-state index in [1.165, 1.54) is 0 Å². The third-order valence-corrected chi connectivity index (χ3v) is 5.27. The molecule has 1 unspecified atom stereocenters. The van der Waals surface area contributed by atoms with E-state index in [0.717, 1.165) is 22.5 Å². The smallest absolute Gasteiger partial charge is 0.267 e. The lowest BCUT2D eigenvalue weighted by molar-refractivity contribution is -0.113. The summed E-state index contributed by atoms with van der Waals surface area (Å²) in [6, 6.07) is 23.9. The zero-order chi connectivity index (χ0) is 19.5. The summed E-state index contributed by atoms with van der Waals surface area (Å²) < 4.78 is 1.81. The van der Waals surface area contributed by atoms with E-state index in [1.54, 1.807) is 12.2 Å². The van der Waals surface area contributed by atoms with Gasteiger partial charge in [0.2, 0.25) is 0 Å². The number of carbonyl (C=O) groups is 1. The van der Waals surface area contributed by atoms with Gasteiger partial charge in [-0.25, -0.2) is 0 Å². The number of carbonyl (C=O) groups excluding carboxylic acids is 1. The Labute approximate surface area is 173 Å². The molecule has 0 spiro atoms. The molecule has 1 aliphatic rings. The summed E-state index contributed by atoms with van der Waals surface area (Å²) in [4.78, 5) is 13.0. The van der Waals surface area contributed by atoms with Crippen LogP contribution in [0.3, 0.4) is 0 Å². The van der Waals surface area contributed by atoms with E-state index >= 15 is 0 Å². The number of amides is 1. The maximum atomic E-state index is 13.0. The summed E-state index contributed by atoms with van der Waals surface area (Å²) >= 11 is 12.4. The van der Waals surface area contributed by atoms with Gasteiger partial charge in [0.1, 0.15) is 0 Å². The first-order chi connectivity index (χ1) is 13.6. The fourth-order valence-corrected chi connectivity index (χ4v) is 3.85. The van der Waals surface area contributed by atoms with Crippen molar-refractivity contribution < 1.29 is 4.79 Å². The van der Waals surface area contributed by atoms with E-state index in [9.17, 15) is 4.79 Å². The molecule has 1 heterocycles. The molecule has 3 nitrogen and oxygen atoms in total. The van der Waals surface area contributed by atoms with Gasteiger partial charge in [-0.2, -0.15) is 0 Å². The topological polar surface area (TPSA) is 34.0 Å². The number of nitrogens with one attached hydrogen (secondary N) is 1. The van der Waals surface area contributed by atoms with Gasteiger partial charge >= 0.3 is 0 Å². The number of benzene rings is 2. The quantitative estimate of drug-likeness (QED) is 0.531. The van der Waals surface area contributed by atoms with Crippen LogP contribution in [0.15, 0.2) is 95.6 Å². The molecule has 0 saturated heterocycles. The molecule has 1 aliphatic carbocycles. The van der Waals surface area contributed by atoms with Crippen molar-refractivity contribution in [2.75, 3.05) is 5.43 Å². The van der Waals surface area contributed by atoms with Gasteiger partial charge in [0.15, 0.2) is 0 Å². The lowest BCUT2D eigenvalue weighted by Gasteiger charge is -2.18. The highest BCUT2D eigenvalue weighted by atomic mass is 35.5. The van der Waals surface area contributed by atoms with Crippen molar-refractivity contribution in [3.63, 3.8) is 0 Å². The Hall–Kier alpha value is -2.75. The van der Waals surface area contributed by atoms with Gasteiger partial charge in [-0.15, -0.1) is 11.6 Å². The van der Waals surface area contributed by atoms with Crippen LogP contribution < -0.4 is 5.43 Å². The molecule has 5 heteroatoms. The van der Waals surface area contributed by atoms with E-state index in [4.69, 9.17) is 23.2 Å². The maximum absolute atomic E-state index is 13.0. The Morgan fingerprint density at radius 1 is 0.893 bits per heavy atom. The second-order valence-electron chi connectivity index (χ2n) is 6.51. The highest BCUT2D eigenvalue weighted by molar-refractivity contribution is 6.34. The number of alkyl halides is 1. The minimum atomic E-state index is -0.268. The number of nitrogens with zero attached hydrogens (tertiary/aromatic N) is 1. The Kier molecular flexibility index (Phi) is 5.38. The molecule has 3 aromatic rings. The SMILES string of the molecule is O=C(Nn1c(-c2ccccc2)ccc1-c1ccccc1)C1=C(Cl)CC(Cl)C=C1. The lowest BCUT2D eigenvalue weighted by atomic mass is 10.1. The van der Waals surface area contributed by atoms with Crippen molar-refractivity contribution in [3.05, 3.63) is 95.6 Å². The molecule has 1 amide bonds. The monoisotopic (exact) mass is 408 g/mol. The first-order valence-corrected chi connectivity index (χ1v) is 9.80.